The van der Waals surface area contributed by atoms with E-state index < -0.39 is 0 Å². The van der Waals surface area contributed by atoms with Crippen molar-refractivity contribution in [1.82, 2.24) is 0 Å². The van der Waals surface area contributed by atoms with Crippen molar-refractivity contribution in [1.29, 1.82) is 0 Å². The summed E-state index contributed by atoms with van der Waals surface area (Å²) in [6, 6.07) is 9.35. The van der Waals surface area contributed by atoms with Crippen molar-refractivity contribution in [2.45, 2.75) is 6.92 Å². The topological polar surface area (TPSA) is 53.8 Å². The van der Waals surface area contributed by atoms with Gasteiger partial charge in [-0.1, -0.05) is 18.2 Å². The van der Waals surface area contributed by atoms with Crippen molar-refractivity contribution in [2.75, 3.05) is 5.43 Å². The number of nitroso groups, excluding NO2 is 1. The number of hydrogen-bond acceptors (Lipinski definition) is 3. The Morgan fingerprint density at radius 2 is 2.00 bits per heavy atom. The smallest absolute Gasteiger partial charge is 0.189 e. The van der Waals surface area contributed by atoms with Crippen molar-refractivity contribution in [3.05, 3.63) is 35.2 Å². The van der Waals surface area contributed by atoms with Crippen LogP contribution in [-0.2, 0) is 0 Å². The molecule has 0 atom stereocenters. The van der Waals surface area contributed by atoms with Crippen LogP contribution in [0.4, 0.5) is 5.69 Å². The molecule has 0 unspecified atom stereocenters. The molecule has 0 heterocycles. The molecular weight excluding hydrogens is 154 g/mol. The zero-order valence-corrected chi connectivity index (χ0v) is 6.69. The molecule has 0 radical (unpaired) electrons. The number of para-hydroxylation sites is 1. The highest BCUT2D eigenvalue weighted by atomic mass is 16.3. The molecule has 0 aliphatic rings. The van der Waals surface area contributed by atoms with Crippen LogP contribution in [0.5, 0.6) is 0 Å². The Hall–Kier alpha value is -1.71. The first-order valence-electron chi connectivity index (χ1n) is 3.51. The molecule has 12 heavy (non-hydrogen) atoms. The zero-order chi connectivity index (χ0) is 8.81. The van der Waals surface area contributed by atoms with E-state index in [9.17, 15) is 4.91 Å². The molecule has 1 aromatic carbocycles. The highest BCUT2D eigenvalue weighted by Gasteiger charge is 1.87. The first-order chi connectivity index (χ1) is 5.83. The van der Waals surface area contributed by atoms with E-state index in [4.69, 9.17) is 0 Å². The first-order valence-corrected chi connectivity index (χ1v) is 3.51. The van der Waals surface area contributed by atoms with Crippen LogP contribution in [0.25, 0.3) is 0 Å². The largest absolute Gasteiger partial charge is 0.277 e. The second-order valence-corrected chi connectivity index (χ2v) is 2.23. The third kappa shape index (κ3) is 2.49. The standard InChI is InChI=1S/C8H9N3O/c1-7(11-12)9-10-8-5-3-2-4-6-8/h2-6,10H,1H3/b9-7-. The van der Waals surface area contributed by atoms with Crippen molar-refractivity contribution < 1.29 is 0 Å². The van der Waals surface area contributed by atoms with Crippen LogP contribution in [0.3, 0.4) is 0 Å². The first kappa shape index (κ1) is 8.39. The Morgan fingerprint density at radius 3 is 2.58 bits per heavy atom. The van der Waals surface area contributed by atoms with Gasteiger partial charge in [0.25, 0.3) is 0 Å². The minimum Gasteiger partial charge on any atom is -0.277 e. The van der Waals surface area contributed by atoms with Crippen molar-refractivity contribution in [3.8, 4) is 0 Å². The van der Waals surface area contributed by atoms with Gasteiger partial charge >= 0.3 is 0 Å². The quantitative estimate of drug-likeness (QED) is 0.314. The molecule has 0 spiro atoms. The molecular formula is C8H9N3O. The van der Waals surface area contributed by atoms with E-state index in [1.54, 1.807) is 0 Å². The second kappa shape index (κ2) is 4.23. The Morgan fingerprint density at radius 1 is 1.33 bits per heavy atom. The maximum atomic E-state index is 9.91. The molecule has 4 heteroatoms. The molecule has 0 aliphatic heterocycles. The molecule has 62 valence electrons. The monoisotopic (exact) mass is 163 g/mol. The van der Waals surface area contributed by atoms with Crippen LogP contribution in [0.15, 0.2) is 40.6 Å². The van der Waals surface area contributed by atoms with Crippen LogP contribution in [0, 0.1) is 4.91 Å². The maximum absolute atomic E-state index is 9.91. The lowest BCUT2D eigenvalue weighted by atomic mass is 10.3. The van der Waals surface area contributed by atoms with Gasteiger partial charge in [-0.05, 0) is 17.3 Å². The van der Waals surface area contributed by atoms with E-state index in [1.807, 2.05) is 30.3 Å². The summed E-state index contributed by atoms with van der Waals surface area (Å²) >= 11 is 0. The number of amidine groups is 1. The van der Waals surface area contributed by atoms with Crippen LogP contribution in [-0.4, -0.2) is 5.84 Å². The Labute approximate surface area is 70.3 Å². The van der Waals surface area contributed by atoms with E-state index in [0.29, 0.717) is 0 Å². The summed E-state index contributed by atoms with van der Waals surface area (Å²) in [5.74, 6) is 0.179. The highest BCUT2D eigenvalue weighted by molar-refractivity contribution is 5.80. The fraction of sp³-hybridized carbons (Fsp3) is 0.125. The SMILES string of the molecule is C/C(N=O)=N/Nc1ccccc1. The molecule has 0 aromatic heterocycles. The lowest BCUT2D eigenvalue weighted by Gasteiger charge is -1.97. The van der Waals surface area contributed by atoms with Gasteiger partial charge in [-0.3, -0.25) is 5.43 Å². The minimum atomic E-state index is 0.179. The summed E-state index contributed by atoms with van der Waals surface area (Å²) in [6.45, 7) is 1.53. The number of benzene rings is 1. The molecule has 4 nitrogen and oxygen atoms in total. The number of hydrazone groups is 1. The van der Waals surface area contributed by atoms with Crippen molar-refractivity contribution >= 4 is 11.5 Å². The number of rotatable bonds is 2. The fourth-order valence-corrected chi connectivity index (χ4v) is 0.679. The molecule has 0 fully saturated rings. The molecule has 0 saturated heterocycles. The zero-order valence-electron chi connectivity index (χ0n) is 6.69. The van der Waals surface area contributed by atoms with Gasteiger partial charge in [0.15, 0.2) is 5.84 Å². The summed E-state index contributed by atoms with van der Waals surface area (Å²) in [6.07, 6.45) is 0. The van der Waals surface area contributed by atoms with Crippen LogP contribution in [0.2, 0.25) is 0 Å². The number of anilines is 1. The minimum absolute atomic E-state index is 0.179. The van der Waals surface area contributed by atoms with Gasteiger partial charge in [-0.25, -0.2) is 0 Å². The Kier molecular flexibility index (Phi) is 2.95. The van der Waals surface area contributed by atoms with Gasteiger partial charge in [0.1, 0.15) is 0 Å². The third-order valence-corrected chi connectivity index (χ3v) is 1.25. The van der Waals surface area contributed by atoms with Crippen LogP contribution in [0.1, 0.15) is 6.92 Å². The predicted molar refractivity (Wildman–Crippen MR) is 49.0 cm³/mol. The molecule has 0 saturated carbocycles. The maximum Gasteiger partial charge on any atom is 0.189 e. The normalized spacial score (nSPS) is 10.9. The van der Waals surface area contributed by atoms with Crippen molar-refractivity contribution in [2.24, 2.45) is 10.3 Å². The molecule has 1 N–H and O–H groups in total. The molecule has 0 amide bonds. The third-order valence-electron chi connectivity index (χ3n) is 1.25. The van der Waals surface area contributed by atoms with Crippen molar-refractivity contribution in [3.63, 3.8) is 0 Å². The molecule has 0 bridgehead atoms. The predicted octanol–water partition coefficient (Wildman–Crippen LogP) is 2.20. The second-order valence-electron chi connectivity index (χ2n) is 2.23. The molecule has 1 aromatic rings. The summed E-state index contributed by atoms with van der Waals surface area (Å²) in [7, 11) is 0. The molecule has 0 aliphatic carbocycles. The van der Waals surface area contributed by atoms with Gasteiger partial charge in [-0.15, -0.1) is 4.91 Å². The van der Waals surface area contributed by atoms with E-state index in [1.165, 1.54) is 6.92 Å². The fourth-order valence-electron chi connectivity index (χ4n) is 0.679. The van der Waals surface area contributed by atoms with E-state index in [-0.39, 0.29) is 5.84 Å². The van der Waals surface area contributed by atoms with Gasteiger partial charge in [0, 0.05) is 6.92 Å². The Bertz CT molecular complexity index is 282. The summed E-state index contributed by atoms with van der Waals surface area (Å²) in [5.41, 5.74) is 3.52. The lowest BCUT2D eigenvalue weighted by molar-refractivity contribution is 1.30. The average molecular weight is 163 g/mol. The summed E-state index contributed by atoms with van der Waals surface area (Å²) in [5, 5.41) is 6.34. The molecule has 1 rings (SSSR count). The average Bonchev–Trinajstić information content (AvgIpc) is 2.16. The van der Waals surface area contributed by atoms with Gasteiger partial charge in [0.2, 0.25) is 0 Å². The lowest BCUT2D eigenvalue weighted by Crippen LogP contribution is -1.92. The van der Waals surface area contributed by atoms with Gasteiger partial charge in [-0.2, -0.15) is 5.10 Å². The number of hydrogen-bond donors (Lipinski definition) is 1. The van der Waals surface area contributed by atoms with E-state index >= 15 is 0 Å². The Balaban J connectivity index is 2.60. The highest BCUT2D eigenvalue weighted by Crippen LogP contribution is 2.04. The van der Waals surface area contributed by atoms with Crippen LogP contribution >= 0.6 is 0 Å². The van der Waals surface area contributed by atoms with E-state index in [0.717, 1.165) is 5.69 Å². The summed E-state index contributed by atoms with van der Waals surface area (Å²) < 4.78 is 0. The van der Waals surface area contributed by atoms with Gasteiger partial charge in [0.05, 0.1) is 5.69 Å². The number of nitrogens with zero attached hydrogens (tertiary/aromatic N) is 2. The van der Waals surface area contributed by atoms with Crippen LogP contribution < -0.4 is 5.43 Å². The van der Waals surface area contributed by atoms with E-state index in [2.05, 4.69) is 15.7 Å². The number of nitrogens with one attached hydrogen (secondary N) is 1. The summed E-state index contributed by atoms with van der Waals surface area (Å²) in [4.78, 5) is 9.91. The van der Waals surface area contributed by atoms with Gasteiger partial charge < -0.3 is 0 Å².